The SMILES string of the molecule is Cc1cc(OCc2cnc(-c3ccc(OC(F)(F)F)cc3)cc2C(F)(F)F)ccc1OC(C)(C)C(=O)O. The van der Waals surface area contributed by atoms with E-state index in [0.29, 0.717) is 5.56 Å². The molecule has 1 N–H and O–H groups in total. The lowest BCUT2D eigenvalue weighted by atomic mass is 10.0. The van der Waals surface area contributed by atoms with Gasteiger partial charge < -0.3 is 19.3 Å². The molecule has 0 atom stereocenters. The van der Waals surface area contributed by atoms with E-state index in [-0.39, 0.29) is 28.3 Å². The molecule has 0 bridgehead atoms. The predicted molar refractivity (Wildman–Crippen MR) is 119 cm³/mol. The fourth-order valence-electron chi connectivity index (χ4n) is 3.15. The molecule has 2 aromatic carbocycles. The summed E-state index contributed by atoms with van der Waals surface area (Å²) in [6, 6.07) is 9.44. The van der Waals surface area contributed by atoms with Crippen LogP contribution in [0.15, 0.2) is 54.7 Å². The van der Waals surface area contributed by atoms with Crippen molar-refractivity contribution in [2.45, 2.75) is 45.5 Å². The third-order valence-corrected chi connectivity index (χ3v) is 5.10. The Hall–Kier alpha value is -3.96. The summed E-state index contributed by atoms with van der Waals surface area (Å²) in [5.41, 5.74) is -2.22. The van der Waals surface area contributed by atoms with Gasteiger partial charge in [0.25, 0.3) is 0 Å². The highest BCUT2D eigenvalue weighted by Crippen LogP contribution is 2.35. The Morgan fingerprint density at radius 3 is 2.08 bits per heavy atom. The number of hydrogen-bond donors (Lipinski definition) is 1. The molecular formula is C25H21F6NO5. The monoisotopic (exact) mass is 529 g/mol. The zero-order valence-electron chi connectivity index (χ0n) is 19.7. The fraction of sp³-hybridized carbons (Fsp3) is 0.280. The van der Waals surface area contributed by atoms with Crippen molar-refractivity contribution in [2.75, 3.05) is 0 Å². The molecule has 0 saturated heterocycles. The van der Waals surface area contributed by atoms with Crippen molar-refractivity contribution < 1.29 is 50.5 Å². The summed E-state index contributed by atoms with van der Waals surface area (Å²) in [5.74, 6) is -1.20. The van der Waals surface area contributed by atoms with Gasteiger partial charge >= 0.3 is 18.5 Å². The smallest absolute Gasteiger partial charge is 0.489 e. The fourth-order valence-corrected chi connectivity index (χ4v) is 3.15. The number of carboxylic acids is 1. The van der Waals surface area contributed by atoms with E-state index in [2.05, 4.69) is 9.72 Å². The summed E-state index contributed by atoms with van der Waals surface area (Å²) in [6.07, 6.45) is -8.67. The number of halogens is 6. The molecule has 1 heterocycles. The first kappa shape index (κ1) is 27.6. The minimum atomic E-state index is -4.90. The molecule has 0 fully saturated rings. The second kappa shape index (κ2) is 10.2. The molecule has 0 aliphatic rings. The van der Waals surface area contributed by atoms with Gasteiger partial charge in [0.2, 0.25) is 0 Å². The van der Waals surface area contributed by atoms with E-state index >= 15 is 0 Å². The lowest BCUT2D eigenvalue weighted by Crippen LogP contribution is -2.38. The van der Waals surface area contributed by atoms with Gasteiger partial charge in [-0.1, -0.05) is 0 Å². The number of aliphatic carboxylic acids is 1. The lowest BCUT2D eigenvalue weighted by Gasteiger charge is -2.23. The normalized spacial score (nSPS) is 12.2. The first-order valence-corrected chi connectivity index (χ1v) is 10.6. The van der Waals surface area contributed by atoms with E-state index in [1.54, 1.807) is 6.92 Å². The van der Waals surface area contributed by atoms with Crippen molar-refractivity contribution in [3.8, 4) is 28.5 Å². The van der Waals surface area contributed by atoms with Gasteiger partial charge in [-0.15, -0.1) is 13.2 Å². The van der Waals surface area contributed by atoms with Gasteiger partial charge in [-0.05, 0) is 74.9 Å². The molecule has 3 rings (SSSR count). The Bertz CT molecular complexity index is 1270. The highest BCUT2D eigenvalue weighted by atomic mass is 19.4. The zero-order chi connectivity index (χ0) is 27.6. The van der Waals surface area contributed by atoms with Gasteiger partial charge in [-0.25, -0.2) is 4.79 Å². The largest absolute Gasteiger partial charge is 0.573 e. The van der Waals surface area contributed by atoms with Crippen LogP contribution in [0.3, 0.4) is 0 Å². The predicted octanol–water partition coefficient (Wildman–Crippen LogP) is 6.80. The minimum Gasteiger partial charge on any atom is -0.489 e. The number of aromatic nitrogens is 1. The number of aryl methyl sites for hydroxylation is 1. The number of carboxylic acid groups (broad SMARTS) is 1. The van der Waals surface area contributed by atoms with E-state index in [4.69, 9.17) is 9.47 Å². The Balaban J connectivity index is 1.80. The summed E-state index contributed by atoms with van der Waals surface area (Å²) in [7, 11) is 0. The molecule has 0 unspecified atom stereocenters. The van der Waals surface area contributed by atoms with Gasteiger partial charge in [0.05, 0.1) is 11.3 Å². The molecule has 3 aromatic rings. The number of rotatable bonds is 8. The molecule has 37 heavy (non-hydrogen) atoms. The van der Waals surface area contributed by atoms with Crippen LogP contribution >= 0.6 is 0 Å². The highest BCUT2D eigenvalue weighted by Gasteiger charge is 2.35. The zero-order valence-corrected chi connectivity index (χ0v) is 19.7. The maximum atomic E-state index is 13.8. The first-order chi connectivity index (χ1) is 17.0. The van der Waals surface area contributed by atoms with Gasteiger partial charge in [0.15, 0.2) is 5.60 Å². The quantitative estimate of drug-likeness (QED) is 0.324. The highest BCUT2D eigenvalue weighted by molar-refractivity contribution is 5.76. The Morgan fingerprint density at radius 2 is 1.54 bits per heavy atom. The molecule has 6 nitrogen and oxygen atoms in total. The molecule has 0 radical (unpaired) electrons. The first-order valence-electron chi connectivity index (χ1n) is 10.6. The van der Waals surface area contributed by atoms with Crippen LogP contribution in [0, 0.1) is 6.92 Å². The summed E-state index contributed by atoms with van der Waals surface area (Å²) in [4.78, 5) is 15.3. The third-order valence-electron chi connectivity index (χ3n) is 5.10. The number of alkyl halides is 6. The van der Waals surface area contributed by atoms with Gasteiger partial charge in [-0.3, -0.25) is 4.98 Å². The Kier molecular flexibility index (Phi) is 7.61. The Morgan fingerprint density at radius 1 is 0.919 bits per heavy atom. The summed E-state index contributed by atoms with van der Waals surface area (Å²) < 4.78 is 93.0. The molecule has 1 aromatic heterocycles. The summed E-state index contributed by atoms with van der Waals surface area (Å²) >= 11 is 0. The van der Waals surface area contributed by atoms with E-state index in [9.17, 15) is 36.2 Å². The van der Waals surface area contributed by atoms with Gasteiger partial charge in [0.1, 0.15) is 23.9 Å². The number of ether oxygens (including phenoxy) is 3. The van der Waals surface area contributed by atoms with E-state index < -0.39 is 42.0 Å². The van der Waals surface area contributed by atoms with Crippen molar-refractivity contribution in [3.63, 3.8) is 0 Å². The van der Waals surface area contributed by atoms with Crippen LogP contribution in [0.25, 0.3) is 11.3 Å². The molecule has 0 spiro atoms. The minimum absolute atomic E-state index is 0.104. The molecule has 0 amide bonds. The standard InChI is InChI=1S/C25H21F6NO5/c1-14-10-18(8-9-21(14)37-23(2,3)22(33)34)35-13-16-12-32-20(11-19(16)24(26,27)28)15-4-6-17(7-5-15)36-25(29,30)31/h4-12H,13H2,1-3H3,(H,33,34). The maximum Gasteiger partial charge on any atom is 0.573 e. The Labute approximate surface area is 207 Å². The molecule has 0 saturated carbocycles. The average Bonchev–Trinajstić information content (AvgIpc) is 2.78. The summed E-state index contributed by atoms with van der Waals surface area (Å²) in [6.45, 7) is 3.89. The van der Waals surface area contributed by atoms with Crippen LogP contribution < -0.4 is 14.2 Å². The second-order valence-electron chi connectivity index (χ2n) is 8.43. The molecule has 0 aliphatic heterocycles. The summed E-state index contributed by atoms with van der Waals surface area (Å²) in [5, 5.41) is 9.20. The number of benzene rings is 2. The topological polar surface area (TPSA) is 77.9 Å². The van der Waals surface area contributed by atoms with Gasteiger partial charge in [-0.2, -0.15) is 13.2 Å². The molecule has 0 aliphatic carbocycles. The van der Waals surface area contributed by atoms with Crippen LogP contribution in [0.2, 0.25) is 0 Å². The van der Waals surface area contributed by atoms with Crippen molar-refractivity contribution >= 4 is 5.97 Å². The van der Waals surface area contributed by atoms with Crippen LogP contribution in [0.1, 0.15) is 30.5 Å². The van der Waals surface area contributed by atoms with Crippen molar-refractivity contribution in [1.82, 2.24) is 4.98 Å². The molecule has 198 valence electrons. The number of hydrogen-bond acceptors (Lipinski definition) is 5. The van der Waals surface area contributed by atoms with Crippen LogP contribution in [0.5, 0.6) is 17.2 Å². The number of pyridine rings is 1. The van der Waals surface area contributed by atoms with E-state index in [1.807, 2.05) is 0 Å². The van der Waals surface area contributed by atoms with Crippen molar-refractivity contribution in [1.29, 1.82) is 0 Å². The van der Waals surface area contributed by atoms with Crippen molar-refractivity contribution in [3.05, 3.63) is 71.4 Å². The number of carbonyl (C=O) groups is 1. The van der Waals surface area contributed by atoms with Crippen molar-refractivity contribution in [2.24, 2.45) is 0 Å². The van der Waals surface area contributed by atoms with E-state index in [1.165, 1.54) is 32.0 Å². The molecular weight excluding hydrogens is 508 g/mol. The number of nitrogens with zero attached hydrogens (tertiary/aromatic N) is 1. The van der Waals surface area contributed by atoms with E-state index in [0.717, 1.165) is 36.5 Å². The van der Waals surface area contributed by atoms with Crippen LogP contribution in [0.4, 0.5) is 26.3 Å². The molecule has 12 heteroatoms. The average molecular weight is 529 g/mol. The third kappa shape index (κ3) is 7.28. The van der Waals surface area contributed by atoms with Gasteiger partial charge in [0, 0.05) is 17.3 Å². The van der Waals surface area contributed by atoms with Crippen LogP contribution in [-0.4, -0.2) is 28.0 Å². The lowest BCUT2D eigenvalue weighted by molar-refractivity contribution is -0.274. The van der Waals surface area contributed by atoms with Crippen LogP contribution in [-0.2, 0) is 17.6 Å². The maximum absolute atomic E-state index is 13.8. The second-order valence-corrected chi connectivity index (χ2v) is 8.43.